The van der Waals surface area contributed by atoms with E-state index in [1.165, 1.54) is 6.07 Å². The minimum atomic E-state index is -0.927. The molecular weight excluding hydrogens is 481 g/mol. The predicted molar refractivity (Wildman–Crippen MR) is 139 cm³/mol. The summed E-state index contributed by atoms with van der Waals surface area (Å²) in [6.07, 6.45) is 5.62. The number of nitrogens with zero attached hydrogens (tertiary/aromatic N) is 3. The van der Waals surface area contributed by atoms with Crippen molar-refractivity contribution in [2.24, 2.45) is 5.41 Å². The van der Waals surface area contributed by atoms with Crippen LogP contribution in [0.25, 0.3) is 11.1 Å². The van der Waals surface area contributed by atoms with Crippen LogP contribution in [0.5, 0.6) is 5.88 Å². The summed E-state index contributed by atoms with van der Waals surface area (Å²) in [6, 6.07) is 8.83. The molecule has 1 fully saturated rings. The Balaban J connectivity index is 1.61. The Kier molecular flexibility index (Phi) is 7.79. The summed E-state index contributed by atoms with van der Waals surface area (Å²) in [6.45, 7) is 8.13. The highest BCUT2D eigenvalue weighted by Crippen LogP contribution is 2.40. The van der Waals surface area contributed by atoms with Crippen LogP contribution in [0.15, 0.2) is 42.7 Å². The zero-order valence-corrected chi connectivity index (χ0v) is 21.6. The minimum Gasteiger partial charge on any atom is -0.481 e. The molecule has 4 rings (SSSR count). The number of pyridine rings is 2. The first-order valence-corrected chi connectivity index (χ1v) is 12.5. The zero-order chi connectivity index (χ0) is 25.9. The molecule has 1 aromatic carbocycles. The largest absolute Gasteiger partial charge is 0.481 e. The number of benzene rings is 1. The molecule has 0 radical (unpaired) electrons. The molecule has 36 heavy (non-hydrogen) atoms. The van der Waals surface area contributed by atoms with E-state index in [1.807, 2.05) is 25.1 Å². The Bertz CT molecular complexity index is 1250. The third-order valence-corrected chi connectivity index (χ3v) is 7.00. The van der Waals surface area contributed by atoms with Crippen molar-refractivity contribution in [1.82, 2.24) is 9.97 Å². The van der Waals surface area contributed by atoms with Crippen LogP contribution in [0.2, 0.25) is 5.02 Å². The molecule has 1 saturated heterocycles. The summed E-state index contributed by atoms with van der Waals surface area (Å²) in [4.78, 5) is 22.6. The van der Waals surface area contributed by atoms with Crippen molar-refractivity contribution in [3.8, 4) is 17.0 Å². The van der Waals surface area contributed by atoms with Crippen LogP contribution in [0, 0.1) is 18.2 Å². The second-order valence-corrected chi connectivity index (χ2v) is 10.5. The van der Waals surface area contributed by atoms with Crippen LogP contribution in [-0.4, -0.2) is 40.7 Å². The summed E-state index contributed by atoms with van der Waals surface area (Å²) in [5.74, 6) is -1.58. The number of aryl methyl sites for hydroxylation is 1. The average molecular weight is 512 g/mol. The molecule has 3 aromatic rings. The van der Waals surface area contributed by atoms with Crippen molar-refractivity contribution < 1.29 is 19.0 Å². The van der Waals surface area contributed by atoms with Gasteiger partial charge < -0.3 is 14.7 Å². The number of halogens is 2. The molecule has 1 N–H and O–H groups in total. The van der Waals surface area contributed by atoms with E-state index in [-0.39, 0.29) is 24.3 Å². The maximum Gasteiger partial charge on any atom is 0.307 e. The van der Waals surface area contributed by atoms with Gasteiger partial charge in [-0.15, -0.1) is 0 Å². The fourth-order valence-corrected chi connectivity index (χ4v) is 4.76. The van der Waals surface area contributed by atoms with E-state index in [0.29, 0.717) is 33.8 Å². The monoisotopic (exact) mass is 511 g/mol. The number of piperidine rings is 1. The number of rotatable bonds is 8. The summed E-state index contributed by atoms with van der Waals surface area (Å²) >= 11 is 6.02. The van der Waals surface area contributed by atoms with Crippen LogP contribution < -0.4 is 9.64 Å². The highest BCUT2D eigenvalue weighted by molar-refractivity contribution is 6.30. The number of anilines is 1. The molecular formula is C28H31ClFN3O3. The van der Waals surface area contributed by atoms with Gasteiger partial charge in [-0.25, -0.2) is 9.37 Å². The van der Waals surface area contributed by atoms with Gasteiger partial charge in [0.25, 0.3) is 0 Å². The number of ether oxygens (including phenoxy) is 1. The molecule has 0 saturated carbocycles. The van der Waals surface area contributed by atoms with Crippen molar-refractivity contribution in [3.05, 3.63) is 70.4 Å². The lowest BCUT2D eigenvalue weighted by molar-refractivity contribution is -0.136. The van der Waals surface area contributed by atoms with Gasteiger partial charge in [-0.2, -0.15) is 0 Å². The molecule has 0 unspecified atom stereocenters. The van der Waals surface area contributed by atoms with Gasteiger partial charge >= 0.3 is 5.97 Å². The Labute approximate surface area is 216 Å². The first kappa shape index (κ1) is 25.9. The number of carbonyl (C=O) groups is 1. The molecule has 6 nitrogen and oxygen atoms in total. The maximum absolute atomic E-state index is 15.1. The summed E-state index contributed by atoms with van der Waals surface area (Å²) in [7, 11) is 0. The van der Waals surface area contributed by atoms with Gasteiger partial charge in [-0.05, 0) is 48.9 Å². The highest BCUT2D eigenvalue weighted by Gasteiger charge is 2.29. The molecule has 0 spiro atoms. The topological polar surface area (TPSA) is 75.6 Å². The van der Waals surface area contributed by atoms with Crippen LogP contribution in [-0.2, 0) is 17.6 Å². The van der Waals surface area contributed by atoms with Gasteiger partial charge in [0.2, 0.25) is 5.88 Å². The SMILES string of the molecule is Cc1ncc(-c2cnc(OCCc3cccc(Cl)c3)c(F)c2)c(N2CCC(C)(C)CC2)c1CC(=O)O. The smallest absolute Gasteiger partial charge is 0.307 e. The lowest BCUT2D eigenvalue weighted by Gasteiger charge is -2.40. The second kappa shape index (κ2) is 10.8. The van der Waals surface area contributed by atoms with Crippen molar-refractivity contribution in [3.63, 3.8) is 0 Å². The Morgan fingerprint density at radius 1 is 1.19 bits per heavy atom. The number of carboxylic acids is 1. The normalized spacial score (nSPS) is 15.1. The fraction of sp³-hybridized carbons (Fsp3) is 0.393. The predicted octanol–water partition coefficient (Wildman–Crippen LogP) is 6.12. The van der Waals surface area contributed by atoms with Gasteiger partial charge in [-0.1, -0.05) is 37.6 Å². The Hall–Kier alpha value is -3.19. The molecule has 2 aromatic heterocycles. The van der Waals surface area contributed by atoms with Crippen LogP contribution in [0.1, 0.15) is 43.5 Å². The van der Waals surface area contributed by atoms with E-state index < -0.39 is 11.8 Å². The van der Waals surface area contributed by atoms with Crippen molar-refractivity contribution in [2.75, 3.05) is 24.6 Å². The lowest BCUT2D eigenvalue weighted by Crippen LogP contribution is -2.38. The quantitative estimate of drug-likeness (QED) is 0.392. The van der Waals surface area contributed by atoms with Gasteiger partial charge in [0, 0.05) is 59.3 Å². The fourth-order valence-electron chi connectivity index (χ4n) is 4.54. The first-order chi connectivity index (χ1) is 17.1. The molecule has 8 heteroatoms. The number of hydrogen-bond acceptors (Lipinski definition) is 5. The lowest BCUT2D eigenvalue weighted by atomic mass is 9.82. The van der Waals surface area contributed by atoms with Crippen molar-refractivity contribution in [1.29, 1.82) is 0 Å². The third kappa shape index (κ3) is 6.13. The standard InChI is InChI=1S/C28H31ClFN3O3/c1-18-22(15-25(34)35)26(33-10-8-28(2,3)9-11-33)23(17-31-18)20-14-24(30)27(32-16-20)36-12-7-19-5-4-6-21(29)13-19/h4-6,13-14,16-17H,7-12,15H2,1-3H3,(H,34,35). The zero-order valence-electron chi connectivity index (χ0n) is 20.9. The Morgan fingerprint density at radius 3 is 2.61 bits per heavy atom. The molecule has 1 aliphatic rings. The highest BCUT2D eigenvalue weighted by atomic mass is 35.5. The first-order valence-electron chi connectivity index (χ1n) is 12.1. The number of carboxylic acid groups (broad SMARTS) is 1. The van der Waals surface area contributed by atoms with E-state index in [9.17, 15) is 9.90 Å². The molecule has 0 bridgehead atoms. The van der Waals surface area contributed by atoms with Crippen molar-refractivity contribution in [2.45, 2.75) is 46.5 Å². The molecule has 3 heterocycles. The van der Waals surface area contributed by atoms with Gasteiger partial charge in [-0.3, -0.25) is 9.78 Å². The number of aliphatic carboxylic acids is 1. The Morgan fingerprint density at radius 2 is 1.94 bits per heavy atom. The summed E-state index contributed by atoms with van der Waals surface area (Å²) in [5.41, 5.74) is 4.55. The average Bonchev–Trinajstić information content (AvgIpc) is 2.81. The van der Waals surface area contributed by atoms with E-state index in [4.69, 9.17) is 16.3 Å². The van der Waals surface area contributed by atoms with Gasteiger partial charge in [0.1, 0.15) is 0 Å². The third-order valence-electron chi connectivity index (χ3n) is 6.76. The number of aromatic nitrogens is 2. The van der Waals surface area contributed by atoms with E-state index in [1.54, 1.807) is 18.5 Å². The van der Waals surface area contributed by atoms with Crippen molar-refractivity contribution >= 4 is 23.3 Å². The molecule has 0 atom stereocenters. The molecule has 0 aliphatic carbocycles. The maximum atomic E-state index is 15.1. The van der Waals surface area contributed by atoms with Gasteiger partial charge in [0.15, 0.2) is 5.82 Å². The van der Waals surface area contributed by atoms with E-state index in [2.05, 4.69) is 28.7 Å². The second-order valence-electron chi connectivity index (χ2n) is 10.0. The molecule has 1 aliphatic heterocycles. The summed E-state index contributed by atoms with van der Waals surface area (Å²) in [5, 5.41) is 10.2. The van der Waals surface area contributed by atoms with Gasteiger partial charge in [0.05, 0.1) is 18.7 Å². The van der Waals surface area contributed by atoms with E-state index in [0.717, 1.165) is 37.2 Å². The summed E-state index contributed by atoms with van der Waals surface area (Å²) < 4.78 is 20.7. The molecule has 190 valence electrons. The molecule has 0 amide bonds. The number of hydrogen-bond donors (Lipinski definition) is 1. The van der Waals surface area contributed by atoms with E-state index >= 15 is 4.39 Å². The van der Waals surface area contributed by atoms with Crippen LogP contribution in [0.4, 0.5) is 10.1 Å². The minimum absolute atomic E-state index is 0.0760. The van der Waals surface area contributed by atoms with Crippen LogP contribution >= 0.6 is 11.6 Å². The van der Waals surface area contributed by atoms with Crippen LogP contribution in [0.3, 0.4) is 0 Å².